The molecule has 3 atom stereocenters. The topological polar surface area (TPSA) is 104 Å². The molecule has 2 aliphatic rings. The minimum absolute atomic E-state index is 0.0159. The molecule has 25 heavy (non-hydrogen) atoms. The smallest absolute Gasteiger partial charge is 0.246 e. The summed E-state index contributed by atoms with van der Waals surface area (Å²) in [5.74, 6) is 1.13. The Morgan fingerprint density at radius 3 is 2.92 bits per heavy atom. The molecular weight excluding hydrogens is 320 g/mol. The second-order valence-electron chi connectivity index (χ2n) is 6.62. The molecule has 4 rings (SSSR count). The van der Waals surface area contributed by atoms with Gasteiger partial charge in [-0.15, -0.1) is 0 Å². The largest absolute Gasteiger partial charge is 0.347 e. The molecule has 4 N–H and O–H groups in total. The third-order valence-corrected chi connectivity index (χ3v) is 4.87. The molecule has 1 aromatic heterocycles. The van der Waals surface area contributed by atoms with E-state index in [1.807, 2.05) is 30.3 Å². The summed E-state index contributed by atoms with van der Waals surface area (Å²) < 4.78 is 5.24. The lowest BCUT2D eigenvalue weighted by atomic mass is 9.82. The summed E-state index contributed by atoms with van der Waals surface area (Å²) in [7, 11) is 0. The second-order valence-corrected chi connectivity index (χ2v) is 6.62. The molecule has 1 aliphatic heterocycles. The van der Waals surface area contributed by atoms with E-state index in [2.05, 4.69) is 31.8 Å². The Labute approximate surface area is 145 Å². The van der Waals surface area contributed by atoms with Gasteiger partial charge in [-0.3, -0.25) is 4.79 Å². The maximum atomic E-state index is 12.4. The molecule has 3 unspecified atom stereocenters. The van der Waals surface area contributed by atoms with E-state index >= 15 is 0 Å². The number of hydrogen-bond acceptors (Lipinski definition) is 7. The molecular formula is C17H22N6O2. The normalized spacial score (nSPS) is 25.5. The Morgan fingerprint density at radius 1 is 1.20 bits per heavy atom. The summed E-state index contributed by atoms with van der Waals surface area (Å²) in [5.41, 5.74) is 10.4. The lowest BCUT2D eigenvalue weighted by Crippen LogP contribution is -2.44. The summed E-state index contributed by atoms with van der Waals surface area (Å²) in [6.45, 7) is 0.273. The first kappa shape index (κ1) is 16.2. The minimum Gasteiger partial charge on any atom is -0.347 e. The van der Waals surface area contributed by atoms with Gasteiger partial charge in [0.15, 0.2) is 5.82 Å². The number of aromatic nitrogens is 2. The zero-order valence-corrected chi connectivity index (χ0v) is 13.9. The van der Waals surface area contributed by atoms with E-state index in [9.17, 15) is 4.79 Å². The van der Waals surface area contributed by atoms with Gasteiger partial charge in [0.2, 0.25) is 11.8 Å². The molecule has 1 aromatic carbocycles. The van der Waals surface area contributed by atoms with Gasteiger partial charge in [0, 0.05) is 24.4 Å². The lowest BCUT2D eigenvalue weighted by molar-refractivity contribution is -0.126. The fourth-order valence-electron chi connectivity index (χ4n) is 3.49. The SMILES string of the molecule is O=C(NCc1nc(Cc2ccccc2)no1)C1CCC2NNNC2C1. The van der Waals surface area contributed by atoms with Crippen molar-refractivity contribution in [2.45, 2.75) is 44.3 Å². The first-order chi connectivity index (χ1) is 12.3. The van der Waals surface area contributed by atoms with Crippen molar-refractivity contribution in [3.63, 3.8) is 0 Å². The van der Waals surface area contributed by atoms with Crippen molar-refractivity contribution >= 4 is 5.91 Å². The van der Waals surface area contributed by atoms with E-state index in [0.717, 1.165) is 24.8 Å². The van der Waals surface area contributed by atoms with Crippen molar-refractivity contribution in [2.75, 3.05) is 0 Å². The maximum absolute atomic E-state index is 12.4. The van der Waals surface area contributed by atoms with Crippen molar-refractivity contribution in [3.05, 3.63) is 47.6 Å². The lowest BCUT2D eigenvalue weighted by Gasteiger charge is -2.29. The molecule has 1 saturated carbocycles. The van der Waals surface area contributed by atoms with E-state index in [1.165, 1.54) is 0 Å². The molecule has 8 heteroatoms. The van der Waals surface area contributed by atoms with Crippen LogP contribution in [-0.2, 0) is 17.8 Å². The van der Waals surface area contributed by atoms with E-state index in [1.54, 1.807) is 0 Å². The van der Waals surface area contributed by atoms with Crippen LogP contribution in [0.15, 0.2) is 34.9 Å². The highest BCUT2D eigenvalue weighted by Crippen LogP contribution is 2.26. The van der Waals surface area contributed by atoms with Crippen LogP contribution in [0.2, 0.25) is 0 Å². The molecule has 0 bridgehead atoms. The van der Waals surface area contributed by atoms with Crippen LogP contribution in [0.25, 0.3) is 0 Å². The molecule has 1 amide bonds. The van der Waals surface area contributed by atoms with Gasteiger partial charge in [-0.05, 0) is 24.8 Å². The summed E-state index contributed by atoms with van der Waals surface area (Å²) in [4.78, 5) is 16.7. The highest BCUT2D eigenvalue weighted by atomic mass is 16.5. The summed E-state index contributed by atoms with van der Waals surface area (Å²) >= 11 is 0. The number of carbonyl (C=O) groups is 1. The van der Waals surface area contributed by atoms with Crippen LogP contribution in [0.5, 0.6) is 0 Å². The standard InChI is InChI=1S/C17H22N6O2/c24-17(12-6-7-13-14(9-12)21-23-20-13)18-10-16-19-15(22-25-16)8-11-4-2-1-3-5-11/h1-5,12-14,20-21,23H,6-10H2,(H,18,24). The Morgan fingerprint density at radius 2 is 2.04 bits per heavy atom. The molecule has 0 radical (unpaired) electrons. The van der Waals surface area contributed by atoms with Crippen LogP contribution in [0, 0.1) is 5.92 Å². The highest BCUT2D eigenvalue weighted by Gasteiger charge is 2.36. The van der Waals surface area contributed by atoms with Crippen LogP contribution in [0.3, 0.4) is 0 Å². The molecule has 1 aliphatic carbocycles. The number of fused-ring (bicyclic) bond motifs is 1. The third kappa shape index (κ3) is 3.87. The maximum Gasteiger partial charge on any atom is 0.246 e. The second kappa shape index (κ2) is 7.30. The van der Waals surface area contributed by atoms with Gasteiger partial charge in [-0.25, -0.2) is 10.9 Å². The molecule has 0 spiro atoms. The third-order valence-electron chi connectivity index (χ3n) is 4.87. The predicted octanol–water partition coefficient (Wildman–Crippen LogP) is 0.426. The zero-order valence-electron chi connectivity index (χ0n) is 13.9. The summed E-state index contributed by atoms with van der Waals surface area (Å²) in [5, 5.41) is 6.90. The Bertz CT molecular complexity index is 719. The van der Waals surface area contributed by atoms with E-state index in [4.69, 9.17) is 4.52 Å². The van der Waals surface area contributed by atoms with Gasteiger partial charge < -0.3 is 9.84 Å². The molecule has 1 saturated heterocycles. The molecule has 2 aromatic rings. The van der Waals surface area contributed by atoms with Crippen molar-refractivity contribution in [2.24, 2.45) is 5.92 Å². The van der Waals surface area contributed by atoms with Gasteiger partial charge in [0.05, 0.1) is 6.54 Å². The van der Waals surface area contributed by atoms with Crippen molar-refractivity contribution < 1.29 is 9.32 Å². The molecule has 8 nitrogen and oxygen atoms in total. The first-order valence-corrected chi connectivity index (χ1v) is 8.67. The number of hydrazine groups is 2. The van der Waals surface area contributed by atoms with Crippen LogP contribution < -0.4 is 21.7 Å². The fourth-order valence-corrected chi connectivity index (χ4v) is 3.49. The highest BCUT2D eigenvalue weighted by molar-refractivity contribution is 5.78. The number of benzene rings is 1. The predicted molar refractivity (Wildman–Crippen MR) is 89.7 cm³/mol. The van der Waals surface area contributed by atoms with E-state index < -0.39 is 0 Å². The number of rotatable bonds is 5. The molecule has 132 valence electrons. The Hall–Kier alpha value is -2.29. The first-order valence-electron chi connectivity index (χ1n) is 8.67. The van der Waals surface area contributed by atoms with Gasteiger partial charge in [0.25, 0.3) is 0 Å². The number of nitrogens with zero attached hydrogens (tertiary/aromatic N) is 2. The quantitative estimate of drug-likeness (QED) is 0.624. The van der Waals surface area contributed by atoms with Crippen LogP contribution in [0.1, 0.15) is 36.5 Å². The van der Waals surface area contributed by atoms with Gasteiger partial charge in [-0.1, -0.05) is 35.5 Å². The van der Waals surface area contributed by atoms with E-state index in [-0.39, 0.29) is 18.4 Å². The van der Waals surface area contributed by atoms with E-state index in [0.29, 0.717) is 30.2 Å². The zero-order chi connectivity index (χ0) is 17.1. The minimum atomic E-state index is 0.0159. The number of amides is 1. The molecule has 2 heterocycles. The number of hydrogen-bond donors (Lipinski definition) is 4. The summed E-state index contributed by atoms with van der Waals surface area (Å²) in [6, 6.07) is 10.7. The number of nitrogens with one attached hydrogen (secondary N) is 4. The van der Waals surface area contributed by atoms with Crippen molar-refractivity contribution in [3.8, 4) is 0 Å². The van der Waals surface area contributed by atoms with Crippen LogP contribution in [0.4, 0.5) is 0 Å². The van der Waals surface area contributed by atoms with Gasteiger partial charge in [0.1, 0.15) is 0 Å². The average Bonchev–Trinajstić information content (AvgIpc) is 3.29. The Balaban J connectivity index is 1.27. The van der Waals surface area contributed by atoms with Crippen molar-refractivity contribution in [1.29, 1.82) is 0 Å². The molecule has 2 fully saturated rings. The average molecular weight is 342 g/mol. The van der Waals surface area contributed by atoms with Gasteiger partial charge >= 0.3 is 0 Å². The summed E-state index contributed by atoms with van der Waals surface area (Å²) in [6.07, 6.45) is 3.30. The van der Waals surface area contributed by atoms with Gasteiger partial charge in [-0.2, -0.15) is 10.5 Å². The van der Waals surface area contributed by atoms with Crippen molar-refractivity contribution in [1.82, 2.24) is 31.8 Å². The van der Waals surface area contributed by atoms with Crippen LogP contribution >= 0.6 is 0 Å². The van der Waals surface area contributed by atoms with Crippen LogP contribution in [-0.4, -0.2) is 28.1 Å². The fraction of sp³-hybridized carbons (Fsp3) is 0.471. The Kier molecular flexibility index (Phi) is 4.73. The number of carbonyl (C=O) groups excluding carboxylic acids is 1. The monoisotopic (exact) mass is 342 g/mol.